The number of hydrogen-bond acceptors (Lipinski definition) is 4. The fraction of sp³-hybridized carbons (Fsp3) is 1.00. The van der Waals surface area contributed by atoms with Gasteiger partial charge in [-0.3, -0.25) is 0 Å². The van der Waals surface area contributed by atoms with Crippen molar-refractivity contribution >= 4 is 11.8 Å². The molecule has 0 spiro atoms. The number of ether oxygens (including phenoxy) is 2. The van der Waals surface area contributed by atoms with Crippen LogP contribution in [0.5, 0.6) is 0 Å². The predicted molar refractivity (Wildman–Crippen MR) is 70.2 cm³/mol. The number of rotatable bonds is 9. The Labute approximate surface area is 104 Å². The van der Waals surface area contributed by atoms with Crippen molar-refractivity contribution in [2.75, 3.05) is 51.5 Å². The first kappa shape index (κ1) is 14.3. The van der Waals surface area contributed by atoms with Gasteiger partial charge in [0.2, 0.25) is 0 Å². The molecule has 0 saturated carbocycles. The lowest BCUT2D eigenvalue weighted by atomic mass is 10.0. The molecule has 1 saturated heterocycles. The fourth-order valence-corrected chi connectivity index (χ4v) is 3.00. The second kappa shape index (κ2) is 10.4. The highest BCUT2D eigenvalue weighted by atomic mass is 32.2. The highest BCUT2D eigenvalue weighted by Gasteiger charge is 2.12. The summed E-state index contributed by atoms with van der Waals surface area (Å²) < 4.78 is 10.3. The highest BCUT2D eigenvalue weighted by Crippen LogP contribution is 2.21. The molecule has 3 nitrogen and oxygen atoms in total. The van der Waals surface area contributed by atoms with Crippen LogP contribution < -0.4 is 5.32 Å². The third kappa shape index (κ3) is 7.49. The summed E-state index contributed by atoms with van der Waals surface area (Å²) in [5, 5.41) is 3.53. The minimum atomic E-state index is 0.702. The molecule has 0 amide bonds. The first-order valence-electron chi connectivity index (χ1n) is 6.28. The molecule has 1 N–H and O–H groups in total. The molecule has 4 heteroatoms. The van der Waals surface area contributed by atoms with Crippen molar-refractivity contribution in [1.29, 1.82) is 0 Å². The summed E-state index contributed by atoms with van der Waals surface area (Å²) in [6.45, 7) is 4.54. The minimum Gasteiger partial charge on any atom is -0.382 e. The number of nitrogens with one attached hydrogen (secondary N) is 1. The Morgan fingerprint density at radius 1 is 1.19 bits per heavy atom. The zero-order valence-electron chi connectivity index (χ0n) is 10.4. The third-order valence-corrected chi connectivity index (χ3v) is 3.90. The summed E-state index contributed by atoms with van der Waals surface area (Å²) in [7, 11) is 1.70. The van der Waals surface area contributed by atoms with Crippen molar-refractivity contribution in [3.63, 3.8) is 0 Å². The second-order valence-corrected chi connectivity index (χ2v) is 5.44. The molecule has 0 aromatic carbocycles. The Morgan fingerprint density at radius 2 is 2.00 bits per heavy atom. The van der Waals surface area contributed by atoms with Gasteiger partial charge in [-0.2, -0.15) is 11.8 Å². The fourth-order valence-electron chi connectivity index (χ4n) is 1.80. The van der Waals surface area contributed by atoms with E-state index in [2.05, 4.69) is 17.1 Å². The van der Waals surface area contributed by atoms with Crippen LogP contribution in [-0.4, -0.2) is 51.5 Å². The van der Waals surface area contributed by atoms with E-state index in [1.165, 1.54) is 30.9 Å². The van der Waals surface area contributed by atoms with Gasteiger partial charge in [0, 0.05) is 13.7 Å². The highest BCUT2D eigenvalue weighted by molar-refractivity contribution is 7.99. The summed E-state index contributed by atoms with van der Waals surface area (Å²) in [5.74, 6) is 3.62. The molecule has 0 aromatic rings. The van der Waals surface area contributed by atoms with Gasteiger partial charge in [-0.1, -0.05) is 0 Å². The van der Waals surface area contributed by atoms with Crippen molar-refractivity contribution < 1.29 is 9.47 Å². The first-order valence-corrected chi connectivity index (χ1v) is 7.44. The molecule has 1 rings (SSSR count). The zero-order valence-corrected chi connectivity index (χ0v) is 11.2. The maximum Gasteiger partial charge on any atom is 0.0700 e. The van der Waals surface area contributed by atoms with Crippen LogP contribution in [0.25, 0.3) is 0 Å². The smallest absolute Gasteiger partial charge is 0.0700 e. The Morgan fingerprint density at radius 3 is 2.75 bits per heavy atom. The van der Waals surface area contributed by atoms with Crippen molar-refractivity contribution in [3.05, 3.63) is 0 Å². The minimum absolute atomic E-state index is 0.702. The molecule has 1 fully saturated rings. The molecule has 16 heavy (non-hydrogen) atoms. The Balaban J connectivity index is 1.77. The van der Waals surface area contributed by atoms with E-state index in [-0.39, 0.29) is 0 Å². The van der Waals surface area contributed by atoms with Gasteiger partial charge in [-0.15, -0.1) is 0 Å². The van der Waals surface area contributed by atoms with E-state index in [4.69, 9.17) is 9.47 Å². The molecule has 1 aliphatic heterocycles. The average molecular weight is 247 g/mol. The molecule has 0 unspecified atom stereocenters. The van der Waals surface area contributed by atoms with Crippen molar-refractivity contribution in [2.45, 2.75) is 19.3 Å². The van der Waals surface area contributed by atoms with Crippen LogP contribution in [0.2, 0.25) is 0 Å². The van der Waals surface area contributed by atoms with Gasteiger partial charge in [-0.25, -0.2) is 0 Å². The van der Waals surface area contributed by atoms with Crippen LogP contribution in [-0.2, 0) is 9.47 Å². The molecule has 0 atom stereocenters. The van der Waals surface area contributed by atoms with E-state index >= 15 is 0 Å². The maximum atomic E-state index is 5.40. The Hall–Kier alpha value is 0.230. The van der Waals surface area contributed by atoms with E-state index in [1.54, 1.807) is 7.11 Å². The van der Waals surface area contributed by atoms with Gasteiger partial charge in [0.05, 0.1) is 13.2 Å². The Kier molecular flexibility index (Phi) is 9.28. The third-order valence-electron chi connectivity index (χ3n) is 2.85. The standard InChI is InChI=1S/C12H25NO2S/c1-14-7-8-15-6-2-5-13-11-12-3-9-16-10-4-12/h12-13H,2-11H2,1H3. The van der Waals surface area contributed by atoms with Gasteiger partial charge in [-0.05, 0) is 49.8 Å². The summed E-state index contributed by atoms with van der Waals surface area (Å²) in [6, 6.07) is 0. The zero-order chi connectivity index (χ0) is 11.5. The van der Waals surface area contributed by atoms with Gasteiger partial charge < -0.3 is 14.8 Å². The van der Waals surface area contributed by atoms with Crippen LogP contribution in [0.15, 0.2) is 0 Å². The van der Waals surface area contributed by atoms with Crippen LogP contribution in [0, 0.1) is 5.92 Å². The van der Waals surface area contributed by atoms with Gasteiger partial charge >= 0.3 is 0 Å². The SMILES string of the molecule is COCCOCCCNCC1CCSCC1. The monoisotopic (exact) mass is 247 g/mol. The van der Waals surface area contributed by atoms with Crippen molar-refractivity contribution in [2.24, 2.45) is 5.92 Å². The maximum absolute atomic E-state index is 5.40. The average Bonchev–Trinajstić information content (AvgIpc) is 2.34. The van der Waals surface area contributed by atoms with Crippen LogP contribution in [0.1, 0.15) is 19.3 Å². The van der Waals surface area contributed by atoms with E-state index in [9.17, 15) is 0 Å². The summed E-state index contributed by atoms with van der Waals surface area (Å²) in [5.41, 5.74) is 0. The molecule has 0 aliphatic carbocycles. The molecule has 1 heterocycles. The molecular weight excluding hydrogens is 222 g/mol. The van der Waals surface area contributed by atoms with Crippen LogP contribution >= 0.6 is 11.8 Å². The first-order chi connectivity index (χ1) is 7.93. The van der Waals surface area contributed by atoms with E-state index < -0.39 is 0 Å². The quantitative estimate of drug-likeness (QED) is 0.629. The molecule has 96 valence electrons. The molecular formula is C12H25NO2S. The lowest BCUT2D eigenvalue weighted by molar-refractivity contribution is 0.0694. The van der Waals surface area contributed by atoms with E-state index in [0.717, 1.165) is 32.1 Å². The van der Waals surface area contributed by atoms with Crippen LogP contribution in [0.4, 0.5) is 0 Å². The van der Waals surface area contributed by atoms with E-state index in [0.29, 0.717) is 6.61 Å². The number of thioether (sulfide) groups is 1. The lowest BCUT2D eigenvalue weighted by Crippen LogP contribution is -2.27. The predicted octanol–water partition coefficient (Wildman–Crippen LogP) is 1.77. The Bertz CT molecular complexity index is 152. The van der Waals surface area contributed by atoms with Gasteiger partial charge in [0.1, 0.15) is 0 Å². The van der Waals surface area contributed by atoms with E-state index in [1.807, 2.05) is 0 Å². The summed E-state index contributed by atoms with van der Waals surface area (Å²) in [6.07, 6.45) is 3.88. The molecule has 1 aliphatic rings. The molecule has 0 radical (unpaired) electrons. The molecule has 0 aromatic heterocycles. The summed E-state index contributed by atoms with van der Waals surface area (Å²) in [4.78, 5) is 0. The topological polar surface area (TPSA) is 30.5 Å². The van der Waals surface area contributed by atoms with Crippen LogP contribution in [0.3, 0.4) is 0 Å². The lowest BCUT2D eigenvalue weighted by Gasteiger charge is -2.21. The van der Waals surface area contributed by atoms with Crippen molar-refractivity contribution in [3.8, 4) is 0 Å². The normalized spacial score (nSPS) is 17.8. The van der Waals surface area contributed by atoms with Gasteiger partial charge in [0.15, 0.2) is 0 Å². The number of hydrogen-bond donors (Lipinski definition) is 1. The van der Waals surface area contributed by atoms with Crippen molar-refractivity contribution in [1.82, 2.24) is 5.32 Å². The number of methoxy groups -OCH3 is 1. The summed E-state index contributed by atoms with van der Waals surface area (Å²) >= 11 is 2.09. The molecule has 0 bridgehead atoms. The second-order valence-electron chi connectivity index (χ2n) is 4.22. The largest absolute Gasteiger partial charge is 0.382 e. The van der Waals surface area contributed by atoms with Gasteiger partial charge in [0.25, 0.3) is 0 Å².